The molecule has 3 nitrogen and oxygen atoms in total. The predicted octanol–water partition coefficient (Wildman–Crippen LogP) is 2.52. The molecule has 0 amide bonds. The Bertz CT molecular complexity index is 365. The number of hydrogen-bond donors (Lipinski definition) is 1. The van der Waals surface area contributed by atoms with Crippen LogP contribution in [0.2, 0.25) is 0 Å². The molecule has 0 bridgehead atoms. The SMILES string of the molecule is CCNC1c2ccc(OC)cc2OC1CC. The van der Waals surface area contributed by atoms with Gasteiger partial charge >= 0.3 is 0 Å². The van der Waals surface area contributed by atoms with Gasteiger partial charge in [-0.05, 0) is 25.1 Å². The van der Waals surface area contributed by atoms with E-state index >= 15 is 0 Å². The lowest BCUT2D eigenvalue weighted by Gasteiger charge is -2.17. The van der Waals surface area contributed by atoms with E-state index in [1.807, 2.05) is 12.1 Å². The Morgan fingerprint density at radius 3 is 2.81 bits per heavy atom. The highest BCUT2D eigenvalue weighted by Gasteiger charge is 2.32. The molecule has 1 N–H and O–H groups in total. The van der Waals surface area contributed by atoms with E-state index in [2.05, 4.69) is 25.2 Å². The summed E-state index contributed by atoms with van der Waals surface area (Å²) in [6, 6.07) is 6.37. The Labute approximate surface area is 96.8 Å². The van der Waals surface area contributed by atoms with Crippen LogP contribution in [-0.2, 0) is 0 Å². The second-order valence-corrected chi connectivity index (χ2v) is 4.00. The van der Waals surface area contributed by atoms with Crippen LogP contribution in [0.5, 0.6) is 11.5 Å². The zero-order valence-corrected chi connectivity index (χ0v) is 10.1. The van der Waals surface area contributed by atoms with Crippen LogP contribution in [-0.4, -0.2) is 19.8 Å². The summed E-state index contributed by atoms with van der Waals surface area (Å²) >= 11 is 0. The quantitative estimate of drug-likeness (QED) is 0.847. The second kappa shape index (κ2) is 4.74. The van der Waals surface area contributed by atoms with Gasteiger partial charge in [-0.15, -0.1) is 0 Å². The number of likely N-dealkylation sites (N-methyl/N-ethyl adjacent to an activating group) is 1. The summed E-state index contributed by atoms with van der Waals surface area (Å²) in [6.45, 7) is 5.22. The molecule has 2 rings (SSSR count). The molecule has 88 valence electrons. The molecule has 0 spiro atoms. The lowest BCUT2D eigenvalue weighted by Crippen LogP contribution is -2.30. The molecule has 0 radical (unpaired) electrons. The average molecular weight is 221 g/mol. The summed E-state index contributed by atoms with van der Waals surface area (Å²) in [5.74, 6) is 1.81. The molecule has 1 heterocycles. The Hall–Kier alpha value is -1.22. The van der Waals surface area contributed by atoms with Crippen molar-refractivity contribution in [1.82, 2.24) is 5.32 Å². The number of fused-ring (bicyclic) bond motifs is 1. The van der Waals surface area contributed by atoms with Gasteiger partial charge in [0.1, 0.15) is 17.6 Å². The lowest BCUT2D eigenvalue weighted by atomic mass is 10.0. The maximum absolute atomic E-state index is 5.92. The third-order valence-corrected chi connectivity index (χ3v) is 3.03. The molecule has 2 unspecified atom stereocenters. The zero-order chi connectivity index (χ0) is 11.5. The minimum absolute atomic E-state index is 0.238. The largest absolute Gasteiger partial charge is 0.497 e. The highest BCUT2D eigenvalue weighted by atomic mass is 16.5. The predicted molar refractivity (Wildman–Crippen MR) is 64.1 cm³/mol. The first-order chi connectivity index (χ1) is 7.80. The van der Waals surface area contributed by atoms with Crippen LogP contribution < -0.4 is 14.8 Å². The maximum atomic E-state index is 5.92. The topological polar surface area (TPSA) is 30.5 Å². The molecule has 2 atom stereocenters. The van der Waals surface area contributed by atoms with E-state index in [1.54, 1.807) is 7.11 Å². The fraction of sp³-hybridized carbons (Fsp3) is 0.538. The van der Waals surface area contributed by atoms with Gasteiger partial charge in [-0.25, -0.2) is 0 Å². The van der Waals surface area contributed by atoms with Crippen molar-refractivity contribution >= 4 is 0 Å². The number of ether oxygens (including phenoxy) is 2. The van der Waals surface area contributed by atoms with E-state index < -0.39 is 0 Å². The van der Waals surface area contributed by atoms with Gasteiger partial charge in [0.15, 0.2) is 0 Å². The monoisotopic (exact) mass is 221 g/mol. The Kier molecular flexibility index (Phi) is 3.34. The second-order valence-electron chi connectivity index (χ2n) is 4.00. The van der Waals surface area contributed by atoms with Crippen molar-refractivity contribution in [3.63, 3.8) is 0 Å². The van der Waals surface area contributed by atoms with Gasteiger partial charge in [-0.2, -0.15) is 0 Å². The third kappa shape index (κ3) is 1.87. The standard InChI is InChI=1S/C13H19NO2/c1-4-11-13(14-5-2)10-7-6-9(15-3)8-12(10)16-11/h6-8,11,13-14H,4-5H2,1-3H3. The van der Waals surface area contributed by atoms with E-state index in [1.165, 1.54) is 5.56 Å². The zero-order valence-electron chi connectivity index (χ0n) is 10.1. The molecule has 3 heteroatoms. The summed E-state index contributed by atoms with van der Waals surface area (Å²) in [5, 5.41) is 3.47. The van der Waals surface area contributed by atoms with Crippen molar-refractivity contribution in [3.05, 3.63) is 23.8 Å². The van der Waals surface area contributed by atoms with Crippen LogP contribution >= 0.6 is 0 Å². The number of rotatable bonds is 4. The highest BCUT2D eigenvalue weighted by Crippen LogP contribution is 2.39. The number of benzene rings is 1. The Balaban J connectivity index is 2.29. The van der Waals surface area contributed by atoms with E-state index in [-0.39, 0.29) is 6.10 Å². The van der Waals surface area contributed by atoms with Gasteiger partial charge in [-0.1, -0.05) is 13.8 Å². The summed E-state index contributed by atoms with van der Waals surface area (Å²) in [4.78, 5) is 0. The van der Waals surface area contributed by atoms with Crippen molar-refractivity contribution < 1.29 is 9.47 Å². The molecular formula is C13H19NO2. The van der Waals surface area contributed by atoms with Crippen molar-refractivity contribution in [2.24, 2.45) is 0 Å². The van der Waals surface area contributed by atoms with Crippen molar-refractivity contribution in [3.8, 4) is 11.5 Å². The maximum Gasteiger partial charge on any atom is 0.128 e. The van der Waals surface area contributed by atoms with Gasteiger partial charge in [0.25, 0.3) is 0 Å². The van der Waals surface area contributed by atoms with E-state index in [0.29, 0.717) is 6.04 Å². The molecule has 0 aromatic heterocycles. The van der Waals surface area contributed by atoms with Gasteiger partial charge in [0, 0.05) is 11.6 Å². The fourth-order valence-corrected chi connectivity index (χ4v) is 2.21. The summed E-state index contributed by atoms with van der Waals surface area (Å²) in [6.07, 6.45) is 1.25. The molecule has 1 aromatic carbocycles. The lowest BCUT2D eigenvalue weighted by molar-refractivity contribution is 0.186. The van der Waals surface area contributed by atoms with Crippen molar-refractivity contribution in [2.75, 3.05) is 13.7 Å². The molecule has 0 saturated carbocycles. The van der Waals surface area contributed by atoms with Gasteiger partial charge < -0.3 is 14.8 Å². The van der Waals surface area contributed by atoms with Gasteiger partial charge in [0.2, 0.25) is 0 Å². The van der Waals surface area contributed by atoms with E-state index in [9.17, 15) is 0 Å². The Morgan fingerprint density at radius 1 is 1.38 bits per heavy atom. The van der Waals surface area contributed by atoms with Gasteiger partial charge in [0.05, 0.1) is 13.2 Å². The first kappa shape index (κ1) is 11.3. The number of hydrogen-bond acceptors (Lipinski definition) is 3. The minimum Gasteiger partial charge on any atom is -0.497 e. The first-order valence-electron chi connectivity index (χ1n) is 5.88. The average Bonchev–Trinajstić information content (AvgIpc) is 2.67. The first-order valence-corrected chi connectivity index (χ1v) is 5.88. The third-order valence-electron chi connectivity index (χ3n) is 3.03. The molecular weight excluding hydrogens is 202 g/mol. The van der Waals surface area contributed by atoms with Crippen molar-refractivity contribution in [1.29, 1.82) is 0 Å². The smallest absolute Gasteiger partial charge is 0.128 e. The Morgan fingerprint density at radius 2 is 2.19 bits per heavy atom. The molecule has 0 fully saturated rings. The van der Waals surface area contributed by atoms with Crippen LogP contribution in [0.3, 0.4) is 0 Å². The normalized spacial score (nSPS) is 22.7. The number of nitrogens with one attached hydrogen (secondary N) is 1. The fourth-order valence-electron chi connectivity index (χ4n) is 2.21. The van der Waals surface area contributed by atoms with Crippen LogP contribution in [0.1, 0.15) is 31.9 Å². The van der Waals surface area contributed by atoms with E-state index in [0.717, 1.165) is 24.5 Å². The summed E-state index contributed by atoms with van der Waals surface area (Å²) in [7, 11) is 1.68. The van der Waals surface area contributed by atoms with Crippen LogP contribution in [0.25, 0.3) is 0 Å². The van der Waals surface area contributed by atoms with Crippen LogP contribution in [0, 0.1) is 0 Å². The van der Waals surface area contributed by atoms with Crippen molar-refractivity contribution in [2.45, 2.75) is 32.4 Å². The van der Waals surface area contributed by atoms with Crippen LogP contribution in [0.15, 0.2) is 18.2 Å². The molecule has 16 heavy (non-hydrogen) atoms. The van der Waals surface area contributed by atoms with Crippen LogP contribution in [0.4, 0.5) is 0 Å². The molecule has 1 aliphatic rings. The molecule has 0 aliphatic carbocycles. The summed E-state index contributed by atoms with van der Waals surface area (Å²) in [5.41, 5.74) is 1.24. The number of methoxy groups -OCH3 is 1. The summed E-state index contributed by atoms with van der Waals surface area (Å²) < 4.78 is 11.1. The minimum atomic E-state index is 0.238. The van der Waals surface area contributed by atoms with Gasteiger partial charge in [-0.3, -0.25) is 0 Å². The van der Waals surface area contributed by atoms with E-state index in [4.69, 9.17) is 9.47 Å². The highest BCUT2D eigenvalue weighted by molar-refractivity contribution is 5.45. The molecule has 1 aliphatic heterocycles. The molecule has 1 aromatic rings. The molecule has 0 saturated heterocycles.